The van der Waals surface area contributed by atoms with Crippen LogP contribution in [0.3, 0.4) is 0 Å². The lowest BCUT2D eigenvalue weighted by Gasteiger charge is -2.28. The summed E-state index contributed by atoms with van der Waals surface area (Å²) in [6, 6.07) is 12.7. The second-order valence-electron chi connectivity index (χ2n) is 8.74. The molecule has 1 saturated heterocycles. The van der Waals surface area contributed by atoms with E-state index >= 15 is 0 Å². The molecule has 0 bridgehead atoms. The van der Waals surface area contributed by atoms with E-state index in [0.29, 0.717) is 16.5 Å². The molecule has 5 rings (SSSR count). The van der Waals surface area contributed by atoms with Gasteiger partial charge in [-0.3, -0.25) is 14.4 Å². The number of pyridine rings is 1. The van der Waals surface area contributed by atoms with Crippen molar-refractivity contribution >= 4 is 38.7 Å². The molecule has 2 N–H and O–H groups in total. The molecule has 0 radical (unpaired) electrons. The Kier molecular flexibility index (Phi) is 6.33. The number of methoxy groups -OCH3 is 1. The predicted octanol–water partition coefficient (Wildman–Crippen LogP) is 2.96. The molecule has 0 unspecified atom stereocenters. The molecule has 1 aromatic carbocycles. The van der Waals surface area contributed by atoms with Crippen LogP contribution in [0.2, 0.25) is 0 Å². The van der Waals surface area contributed by atoms with Crippen LogP contribution in [-0.4, -0.2) is 51.4 Å². The van der Waals surface area contributed by atoms with Gasteiger partial charge in [0.15, 0.2) is 5.11 Å². The number of aromatic nitrogens is 5. The molecule has 13 heteroatoms. The van der Waals surface area contributed by atoms with Gasteiger partial charge in [0, 0.05) is 34.9 Å². The van der Waals surface area contributed by atoms with Gasteiger partial charge in [0.05, 0.1) is 36.8 Å². The third-order valence-corrected chi connectivity index (χ3v) is 7.15. The summed E-state index contributed by atoms with van der Waals surface area (Å²) in [5.41, 5.74) is 4.94. The summed E-state index contributed by atoms with van der Waals surface area (Å²) in [5, 5.41) is 11.9. The lowest BCUT2D eigenvalue weighted by Crippen LogP contribution is -2.29. The fourth-order valence-electron chi connectivity index (χ4n) is 4.79. The SMILES string of the molecule is COc1cc(N2C(=S)N[C@H](c3ccccn3)[C@H]2c2cc(C)n(-n3cnnc3)c2C)ccc1NS(C)(=O)=O. The van der Waals surface area contributed by atoms with Gasteiger partial charge < -0.3 is 15.0 Å². The Hall–Kier alpha value is -3.97. The highest BCUT2D eigenvalue weighted by Gasteiger charge is 2.42. The van der Waals surface area contributed by atoms with Crippen LogP contribution in [-0.2, 0) is 10.0 Å². The summed E-state index contributed by atoms with van der Waals surface area (Å²) < 4.78 is 35.6. The molecule has 4 aromatic rings. The van der Waals surface area contributed by atoms with Crippen molar-refractivity contribution in [1.29, 1.82) is 0 Å². The molecule has 1 aliphatic rings. The Labute approximate surface area is 220 Å². The molecule has 1 aliphatic heterocycles. The van der Waals surface area contributed by atoms with E-state index in [1.807, 2.05) is 52.4 Å². The topological polar surface area (TPSA) is 119 Å². The monoisotopic (exact) mass is 538 g/mol. The van der Waals surface area contributed by atoms with E-state index in [9.17, 15) is 8.42 Å². The molecule has 0 spiro atoms. The summed E-state index contributed by atoms with van der Waals surface area (Å²) in [4.78, 5) is 6.63. The Morgan fingerprint density at radius 2 is 1.86 bits per heavy atom. The molecule has 3 aromatic heterocycles. The molecule has 2 atom stereocenters. The first-order valence-corrected chi connectivity index (χ1v) is 13.7. The van der Waals surface area contributed by atoms with Crippen molar-refractivity contribution in [2.45, 2.75) is 25.9 Å². The van der Waals surface area contributed by atoms with Gasteiger partial charge in [-0.1, -0.05) is 6.07 Å². The average molecular weight is 539 g/mol. The van der Waals surface area contributed by atoms with Crippen molar-refractivity contribution < 1.29 is 13.2 Å². The highest BCUT2D eigenvalue weighted by molar-refractivity contribution is 7.92. The Morgan fingerprint density at radius 1 is 1.11 bits per heavy atom. The van der Waals surface area contributed by atoms with Crippen LogP contribution in [0.4, 0.5) is 11.4 Å². The first kappa shape index (κ1) is 24.7. The first-order chi connectivity index (χ1) is 17.7. The van der Waals surface area contributed by atoms with Crippen molar-refractivity contribution in [3.8, 4) is 5.75 Å². The highest BCUT2D eigenvalue weighted by Crippen LogP contribution is 2.44. The van der Waals surface area contributed by atoms with Gasteiger partial charge in [-0.25, -0.2) is 13.1 Å². The number of ether oxygens (including phenoxy) is 1. The van der Waals surface area contributed by atoms with Crippen molar-refractivity contribution in [2.75, 3.05) is 23.0 Å². The van der Waals surface area contributed by atoms with Crippen LogP contribution in [0.5, 0.6) is 5.75 Å². The third kappa shape index (κ3) is 4.62. The maximum Gasteiger partial charge on any atom is 0.229 e. The second kappa shape index (κ2) is 9.48. The van der Waals surface area contributed by atoms with Crippen LogP contribution in [0.15, 0.2) is 61.3 Å². The fraction of sp³-hybridized carbons (Fsp3) is 0.250. The van der Waals surface area contributed by atoms with Crippen LogP contribution < -0.4 is 19.7 Å². The molecule has 4 heterocycles. The number of aryl methyl sites for hydroxylation is 1. The van der Waals surface area contributed by atoms with Gasteiger partial charge >= 0.3 is 0 Å². The summed E-state index contributed by atoms with van der Waals surface area (Å²) >= 11 is 5.84. The molecule has 1 fully saturated rings. The number of rotatable bonds is 7. The number of benzene rings is 1. The zero-order valence-electron chi connectivity index (χ0n) is 20.7. The summed E-state index contributed by atoms with van der Waals surface area (Å²) in [6.45, 7) is 4.06. The molecule has 192 valence electrons. The van der Waals surface area contributed by atoms with Crippen molar-refractivity contribution in [3.05, 3.63) is 84.0 Å². The second-order valence-corrected chi connectivity index (χ2v) is 10.9. The molecule has 0 amide bonds. The molecular weight excluding hydrogens is 512 g/mol. The Bertz CT molecular complexity index is 1550. The number of anilines is 2. The number of thiocarbonyl (C=S) groups is 1. The number of sulfonamides is 1. The molecule has 0 saturated carbocycles. The van der Waals surface area contributed by atoms with Crippen LogP contribution in [0.1, 0.15) is 34.7 Å². The summed E-state index contributed by atoms with van der Waals surface area (Å²) in [7, 11) is -1.99. The zero-order valence-corrected chi connectivity index (χ0v) is 22.3. The quantitative estimate of drug-likeness (QED) is 0.342. The lowest BCUT2D eigenvalue weighted by molar-refractivity contribution is 0.417. The first-order valence-electron chi connectivity index (χ1n) is 11.4. The largest absolute Gasteiger partial charge is 0.494 e. The minimum Gasteiger partial charge on any atom is -0.494 e. The van der Waals surface area contributed by atoms with E-state index < -0.39 is 10.0 Å². The van der Waals surface area contributed by atoms with E-state index in [-0.39, 0.29) is 12.1 Å². The Morgan fingerprint density at radius 3 is 2.51 bits per heavy atom. The summed E-state index contributed by atoms with van der Waals surface area (Å²) in [6.07, 6.45) is 6.15. The van der Waals surface area contributed by atoms with Gasteiger partial charge in [0.1, 0.15) is 18.4 Å². The lowest BCUT2D eigenvalue weighted by atomic mass is 9.96. The molecule has 0 aliphatic carbocycles. The van der Waals surface area contributed by atoms with Crippen LogP contribution >= 0.6 is 12.2 Å². The van der Waals surface area contributed by atoms with Gasteiger partial charge in [-0.2, -0.15) is 0 Å². The van der Waals surface area contributed by atoms with Gasteiger partial charge in [0.2, 0.25) is 10.0 Å². The standard InChI is InChI=1S/C24H26N8O3S2/c1-15-11-18(16(2)32(15)30-13-26-27-14-30)23-22(20-7-5-6-10-25-20)28-24(36)31(23)17-8-9-19(21(12-17)35-3)29-37(4,33)34/h5-14,22-23,29H,1-4H3,(H,28,36)/t22-,23-/m1/s1. The normalized spacial score (nSPS) is 17.6. The highest BCUT2D eigenvalue weighted by atomic mass is 32.2. The van der Waals surface area contributed by atoms with Gasteiger partial charge in [-0.05, 0) is 56.4 Å². The van der Waals surface area contributed by atoms with Crippen molar-refractivity contribution in [3.63, 3.8) is 0 Å². The molecule has 37 heavy (non-hydrogen) atoms. The zero-order chi connectivity index (χ0) is 26.3. The maximum absolute atomic E-state index is 11.8. The van der Waals surface area contributed by atoms with E-state index in [4.69, 9.17) is 17.0 Å². The van der Waals surface area contributed by atoms with Crippen LogP contribution in [0, 0.1) is 13.8 Å². The number of hydrogen-bond donors (Lipinski definition) is 2. The van der Waals surface area contributed by atoms with Crippen molar-refractivity contribution in [1.82, 2.24) is 29.9 Å². The third-order valence-electron chi connectivity index (χ3n) is 6.25. The van der Waals surface area contributed by atoms with Crippen LogP contribution in [0.25, 0.3) is 0 Å². The number of nitrogens with one attached hydrogen (secondary N) is 2. The van der Waals surface area contributed by atoms with E-state index in [0.717, 1.165) is 34.6 Å². The number of nitrogens with zero attached hydrogens (tertiary/aromatic N) is 6. The van der Waals surface area contributed by atoms with Gasteiger partial charge in [0.25, 0.3) is 0 Å². The van der Waals surface area contributed by atoms with E-state index in [1.54, 1.807) is 31.0 Å². The Balaban J connectivity index is 1.66. The van der Waals surface area contributed by atoms with Gasteiger partial charge in [-0.15, -0.1) is 10.2 Å². The molecular formula is C24H26N8O3S2. The van der Waals surface area contributed by atoms with Crippen molar-refractivity contribution in [2.24, 2.45) is 0 Å². The van der Waals surface area contributed by atoms with E-state index in [1.165, 1.54) is 7.11 Å². The smallest absolute Gasteiger partial charge is 0.229 e. The fourth-order valence-corrected chi connectivity index (χ4v) is 5.71. The number of hydrogen-bond acceptors (Lipinski definition) is 7. The minimum absolute atomic E-state index is 0.247. The maximum atomic E-state index is 11.8. The average Bonchev–Trinajstić information content (AvgIpc) is 3.57. The minimum atomic E-state index is -3.49. The predicted molar refractivity (Wildman–Crippen MR) is 144 cm³/mol. The molecule has 11 nitrogen and oxygen atoms in total. The van der Waals surface area contributed by atoms with E-state index in [2.05, 4.69) is 31.3 Å². The summed E-state index contributed by atoms with van der Waals surface area (Å²) in [5.74, 6) is 0.376.